The predicted molar refractivity (Wildman–Crippen MR) is 67.1 cm³/mol. The van der Waals surface area contributed by atoms with Gasteiger partial charge in [0.25, 0.3) is 0 Å². The Kier molecular flexibility index (Phi) is 6.10. The molecule has 6 nitrogen and oxygen atoms in total. The van der Waals surface area contributed by atoms with Crippen LogP contribution in [0.4, 0.5) is 4.79 Å². The smallest absolute Gasteiger partial charge is 0.434 e. The number of guanidine groups is 1. The standard InChI is InChI=1S/C12H17N3O3/c13-11(14)15-7-4-8-17-12(16)18-9-10-5-2-1-3-6-10/h1-3,5-6H,4,7-9H2,(H4,13,14,15). The number of nitrogens with two attached hydrogens (primary N) is 1. The Bertz CT molecular complexity index is 381. The van der Waals surface area contributed by atoms with Crippen LogP contribution in [0.25, 0.3) is 0 Å². The number of nitrogens with one attached hydrogen (secondary N) is 2. The highest BCUT2D eigenvalue weighted by Gasteiger charge is 2.03. The zero-order valence-electron chi connectivity index (χ0n) is 10.0. The van der Waals surface area contributed by atoms with Crippen LogP contribution in [0.1, 0.15) is 12.0 Å². The van der Waals surface area contributed by atoms with Crippen LogP contribution in [0.2, 0.25) is 0 Å². The van der Waals surface area contributed by atoms with Crippen molar-refractivity contribution in [2.45, 2.75) is 13.0 Å². The SMILES string of the molecule is N=C(N)NCCCOC(=O)OCc1ccccc1. The molecule has 0 spiro atoms. The van der Waals surface area contributed by atoms with E-state index in [1.54, 1.807) is 0 Å². The minimum atomic E-state index is -0.693. The third-order valence-electron chi connectivity index (χ3n) is 2.06. The summed E-state index contributed by atoms with van der Waals surface area (Å²) in [5.74, 6) is -0.0957. The molecular weight excluding hydrogens is 234 g/mol. The van der Waals surface area contributed by atoms with Gasteiger partial charge in [-0.15, -0.1) is 0 Å². The average Bonchev–Trinajstić information content (AvgIpc) is 2.37. The molecule has 98 valence electrons. The topological polar surface area (TPSA) is 97.4 Å². The van der Waals surface area contributed by atoms with Gasteiger partial charge in [0.05, 0.1) is 6.61 Å². The second-order valence-corrected chi connectivity index (χ2v) is 3.57. The lowest BCUT2D eigenvalue weighted by atomic mass is 10.2. The average molecular weight is 251 g/mol. The zero-order chi connectivity index (χ0) is 13.2. The Balaban J connectivity index is 2.06. The number of carbonyl (C=O) groups excluding carboxylic acids is 1. The van der Waals surface area contributed by atoms with E-state index in [0.717, 1.165) is 5.56 Å². The van der Waals surface area contributed by atoms with Crippen molar-refractivity contribution in [1.82, 2.24) is 5.32 Å². The second kappa shape index (κ2) is 7.94. The number of rotatable bonds is 6. The molecule has 0 fully saturated rings. The van der Waals surface area contributed by atoms with Crippen molar-refractivity contribution < 1.29 is 14.3 Å². The molecule has 0 amide bonds. The highest BCUT2D eigenvalue weighted by Crippen LogP contribution is 2.01. The summed E-state index contributed by atoms with van der Waals surface area (Å²) in [5, 5.41) is 9.52. The Hall–Kier alpha value is -2.24. The van der Waals surface area contributed by atoms with E-state index >= 15 is 0 Å². The van der Waals surface area contributed by atoms with Crippen LogP contribution in [0.5, 0.6) is 0 Å². The molecule has 0 unspecified atom stereocenters. The first-order valence-electron chi connectivity index (χ1n) is 5.60. The Labute approximate surface area is 106 Å². The summed E-state index contributed by atoms with van der Waals surface area (Å²) in [4.78, 5) is 11.2. The van der Waals surface area contributed by atoms with Crippen molar-refractivity contribution in [3.05, 3.63) is 35.9 Å². The lowest BCUT2D eigenvalue weighted by Crippen LogP contribution is -2.31. The van der Waals surface area contributed by atoms with Crippen molar-refractivity contribution >= 4 is 12.1 Å². The molecule has 0 bridgehead atoms. The van der Waals surface area contributed by atoms with Gasteiger partial charge >= 0.3 is 6.16 Å². The van der Waals surface area contributed by atoms with E-state index in [9.17, 15) is 4.79 Å². The number of hydrogen-bond donors (Lipinski definition) is 3. The van der Waals surface area contributed by atoms with Gasteiger partial charge < -0.3 is 20.5 Å². The molecule has 0 aliphatic heterocycles. The molecule has 0 radical (unpaired) electrons. The fraction of sp³-hybridized carbons (Fsp3) is 0.333. The summed E-state index contributed by atoms with van der Waals surface area (Å²) in [7, 11) is 0. The lowest BCUT2D eigenvalue weighted by Gasteiger charge is -2.06. The normalized spacial score (nSPS) is 9.56. The van der Waals surface area contributed by atoms with Crippen molar-refractivity contribution in [2.24, 2.45) is 5.73 Å². The highest BCUT2D eigenvalue weighted by molar-refractivity contribution is 5.74. The van der Waals surface area contributed by atoms with E-state index < -0.39 is 6.16 Å². The Morgan fingerprint density at radius 1 is 1.28 bits per heavy atom. The van der Waals surface area contributed by atoms with Gasteiger partial charge in [-0.05, 0) is 12.0 Å². The molecule has 0 aliphatic carbocycles. The van der Waals surface area contributed by atoms with Crippen LogP contribution in [0, 0.1) is 5.41 Å². The lowest BCUT2D eigenvalue weighted by molar-refractivity contribution is 0.0494. The monoisotopic (exact) mass is 251 g/mol. The van der Waals surface area contributed by atoms with Gasteiger partial charge in [-0.1, -0.05) is 30.3 Å². The first kappa shape index (κ1) is 13.8. The largest absolute Gasteiger partial charge is 0.508 e. The summed E-state index contributed by atoms with van der Waals surface area (Å²) < 4.78 is 9.74. The molecule has 0 atom stereocenters. The van der Waals surface area contributed by atoms with Gasteiger partial charge in [-0.3, -0.25) is 5.41 Å². The first-order chi connectivity index (χ1) is 8.68. The minimum absolute atomic E-state index is 0.0957. The number of carbonyl (C=O) groups is 1. The number of benzene rings is 1. The molecule has 6 heteroatoms. The zero-order valence-corrected chi connectivity index (χ0v) is 10.0. The third-order valence-corrected chi connectivity index (χ3v) is 2.06. The van der Waals surface area contributed by atoms with Gasteiger partial charge in [0.2, 0.25) is 0 Å². The summed E-state index contributed by atoms with van der Waals surface area (Å²) in [6, 6.07) is 9.37. The fourth-order valence-electron chi connectivity index (χ4n) is 1.21. The Morgan fingerprint density at radius 2 is 2.00 bits per heavy atom. The van der Waals surface area contributed by atoms with E-state index in [1.165, 1.54) is 0 Å². The molecule has 1 rings (SSSR count). The molecule has 0 saturated heterocycles. The summed E-state index contributed by atoms with van der Waals surface area (Å²) in [6.07, 6.45) is -0.123. The van der Waals surface area contributed by atoms with Gasteiger partial charge in [-0.25, -0.2) is 4.79 Å². The number of ether oxygens (including phenoxy) is 2. The van der Waals surface area contributed by atoms with Crippen LogP contribution in [-0.2, 0) is 16.1 Å². The van der Waals surface area contributed by atoms with Crippen LogP contribution >= 0.6 is 0 Å². The van der Waals surface area contributed by atoms with Gasteiger partial charge in [0, 0.05) is 6.54 Å². The first-order valence-corrected chi connectivity index (χ1v) is 5.60. The van der Waals surface area contributed by atoms with Crippen molar-refractivity contribution in [2.75, 3.05) is 13.2 Å². The van der Waals surface area contributed by atoms with E-state index in [1.807, 2.05) is 30.3 Å². The summed E-state index contributed by atoms with van der Waals surface area (Å²) in [5.41, 5.74) is 6.00. The molecule has 0 aromatic heterocycles. The Morgan fingerprint density at radius 3 is 2.67 bits per heavy atom. The molecule has 4 N–H and O–H groups in total. The molecule has 18 heavy (non-hydrogen) atoms. The van der Waals surface area contributed by atoms with Crippen molar-refractivity contribution in [3.63, 3.8) is 0 Å². The predicted octanol–water partition coefficient (Wildman–Crippen LogP) is 1.21. The van der Waals surface area contributed by atoms with Gasteiger partial charge in [0.15, 0.2) is 5.96 Å². The van der Waals surface area contributed by atoms with Crippen LogP contribution in [-0.4, -0.2) is 25.3 Å². The van der Waals surface area contributed by atoms with E-state index in [0.29, 0.717) is 13.0 Å². The maximum absolute atomic E-state index is 11.2. The molecular formula is C12H17N3O3. The van der Waals surface area contributed by atoms with E-state index in [4.69, 9.17) is 20.6 Å². The highest BCUT2D eigenvalue weighted by atomic mass is 16.7. The van der Waals surface area contributed by atoms with Crippen molar-refractivity contribution in [3.8, 4) is 0 Å². The molecule has 0 aliphatic rings. The number of hydrogen-bond acceptors (Lipinski definition) is 4. The maximum atomic E-state index is 11.2. The molecule has 0 saturated carbocycles. The molecule has 0 heterocycles. The molecule has 1 aromatic carbocycles. The van der Waals surface area contributed by atoms with E-state index in [2.05, 4.69) is 5.32 Å². The van der Waals surface area contributed by atoms with Crippen LogP contribution in [0.15, 0.2) is 30.3 Å². The molecule has 1 aromatic rings. The van der Waals surface area contributed by atoms with E-state index in [-0.39, 0.29) is 19.2 Å². The quantitative estimate of drug-likeness (QED) is 0.305. The fourth-order valence-corrected chi connectivity index (χ4v) is 1.21. The van der Waals surface area contributed by atoms with Gasteiger partial charge in [0.1, 0.15) is 6.61 Å². The van der Waals surface area contributed by atoms with Gasteiger partial charge in [-0.2, -0.15) is 0 Å². The minimum Gasteiger partial charge on any atom is -0.434 e. The second-order valence-electron chi connectivity index (χ2n) is 3.57. The van der Waals surface area contributed by atoms with Crippen LogP contribution < -0.4 is 11.1 Å². The summed E-state index contributed by atoms with van der Waals surface area (Å²) in [6.45, 7) is 0.917. The van der Waals surface area contributed by atoms with Crippen LogP contribution in [0.3, 0.4) is 0 Å². The van der Waals surface area contributed by atoms with Crippen molar-refractivity contribution in [1.29, 1.82) is 5.41 Å². The maximum Gasteiger partial charge on any atom is 0.508 e. The third kappa shape index (κ3) is 6.37. The summed E-state index contributed by atoms with van der Waals surface area (Å²) >= 11 is 0.